The van der Waals surface area contributed by atoms with Crippen LogP contribution in [0.2, 0.25) is 5.02 Å². The van der Waals surface area contributed by atoms with Crippen LogP contribution in [0.1, 0.15) is 10.4 Å². The van der Waals surface area contributed by atoms with Gasteiger partial charge in [0.2, 0.25) is 0 Å². The minimum Gasteiger partial charge on any atom is -0.338 e. The normalized spacial score (nSPS) is 24.8. The second-order valence-electron chi connectivity index (χ2n) is 5.31. The fourth-order valence-corrected chi connectivity index (χ4v) is 3.24. The fourth-order valence-electron chi connectivity index (χ4n) is 2.98. The molecule has 2 atom stereocenters. The zero-order valence-corrected chi connectivity index (χ0v) is 11.5. The highest BCUT2D eigenvalue weighted by Crippen LogP contribution is 2.30. The maximum atomic E-state index is 12.4. The van der Waals surface area contributed by atoms with Gasteiger partial charge >= 0.3 is 0 Å². The molecular formula is C13H14ClN3O3. The second kappa shape index (κ2) is 5.03. The van der Waals surface area contributed by atoms with Crippen LogP contribution >= 0.6 is 11.6 Å². The number of nitro groups is 1. The van der Waals surface area contributed by atoms with Gasteiger partial charge < -0.3 is 10.2 Å². The van der Waals surface area contributed by atoms with Crippen LogP contribution in [0.25, 0.3) is 0 Å². The SMILES string of the molecule is O=C(c1ccc([N+](=O)[O-])cc1Cl)N1C[C@H]2CNC[C@H]2C1. The molecule has 2 saturated heterocycles. The third-order valence-corrected chi connectivity index (χ3v) is 4.38. The predicted molar refractivity (Wildman–Crippen MR) is 73.9 cm³/mol. The molecule has 2 aliphatic rings. The van der Waals surface area contributed by atoms with Crippen LogP contribution in [0, 0.1) is 22.0 Å². The van der Waals surface area contributed by atoms with Crippen molar-refractivity contribution in [3.05, 3.63) is 38.9 Å². The summed E-state index contributed by atoms with van der Waals surface area (Å²) >= 11 is 6.00. The summed E-state index contributed by atoms with van der Waals surface area (Å²) in [5.74, 6) is 0.880. The van der Waals surface area contributed by atoms with E-state index in [1.807, 2.05) is 0 Å². The minimum absolute atomic E-state index is 0.103. The number of benzene rings is 1. The van der Waals surface area contributed by atoms with Crippen molar-refractivity contribution < 1.29 is 9.72 Å². The number of likely N-dealkylation sites (tertiary alicyclic amines) is 1. The van der Waals surface area contributed by atoms with E-state index in [-0.39, 0.29) is 16.6 Å². The first-order valence-electron chi connectivity index (χ1n) is 6.50. The van der Waals surface area contributed by atoms with Gasteiger partial charge in [0.1, 0.15) is 0 Å². The van der Waals surface area contributed by atoms with E-state index in [4.69, 9.17) is 11.6 Å². The lowest BCUT2D eigenvalue weighted by molar-refractivity contribution is -0.384. The summed E-state index contributed by atoms with van der Waals surface area (Å²) in [6.45, 7) is 3.35. The van der Waals surface area contributed by atoms with Gasteiger partial charge in [0, 0.05) is 38.3 Å². The van der Waals surface area contributed by atoms with Gasteiger partial charge in [-0.2, -0.15) is 0 Å². The highest BCUT2D eigenvalue weighted by Gasteiger charge is 2.38. The van der Waals surface area contributed by atoms with Crippen LogP contribution in [0.5, 0.6) is 0 Å². The molecule has 2 aliphatic heterocycles. The molecule has 7 heteroatoms. The summed E-state index contributed by atoms with van der Waals surface area (Å²) in [5, 5.41) is 14.1. The Hall–Kier alpha value is -1.66. The molecule has 0 unspecified atom stereocenters. The maximum Gasteiger partial charge on any atom is 0.270 e. The van der Waals surface area contributed by atoms with Crippen LogP contribution in [0.4, 0.5) is 5.69 Å². The number of hydrogen-bond donors (Lipinski definition) is 1. The molecule has 2 heterocycles. The molecule has 3 rings (SSSR count). The Bertz CT molecular complexity index is 566. The molecular weight excluding hydrogens is 282 g/mol. The van der Waals surface area contributed by atoms with Crippen molar-refractivity contribution in [1.29, 1.82) is 0 Å². The van der Waals surface area contributed by atoms with Gasteiger partial charge in [-0.1, -0.05) is 11.6 Å². The summed E-state index contributed by atoms with van der Waals surface area (Å²) in [5.41, 5.74) is 0.235. The van der Waals surface area contributed by atoms with E-state index in [2.05, 4.69) is 5.32 Å². The van der Waals surface area contributed by atoms with Crippen LogP contribution in [-0.4, -0.2) is 41.9 Å². The number of nitrogens with one attached hydrogen (secondary N) is 1. The number of fused-ring (bicyclic) bond motifs is 1. The highest BCUT2D eigenvalue weighted by atomic mass is 35.5. The summed E-state index contributed by atoms with van der Waals surface area (Å²) in [6, 6.07) is 3.99. The summed E-state index contributed by atoms with van der Waals surface area (Å²) in [7, 11) is 0. The first-order chi connectivity index (χ1) is 9.56. The first-order valence-corrected chi connectivity index (χ1v) is 6.88. The van der Waals surface area contributed by atoms with Crippen molar-refractivity contribution in [2.24, 2.45) is 11.8 Å². The second-order valence-corrected chi connectivity index (χ2v) is 5.72. The Labute approximate surface area is 120 Å². The number of carbonyl (C=O) groups is 1. The average Bonchev–Trinajstić information content (AvgIpc) is 2.98. The number of nitrogens with zero attached hydrogens (tertiary/aromatic N) is 2. The van der Waals surface area contributed by atoms with E-state index < -0.39 is 4.92 Å². The molecule has 0 radical (unpaired) electrons. The Morgan fingerprint density at radius 1 is 1.35 bits per heavy atom. The number of carbonyl (C=O) groups excluding carboxylic acids is 1. The van der Waals surface area contributed by atoms with Crippen molar-refractivity contribution in [3.8, 4) is 0 Å². The molecule has 1 amide bonds. The Balaban J connectivity index is 1.79. The minimum atomic E-state index is -0.522. The van der Waals surface area contributed by atoms with Gasteiger partial charge in [-0.15, -0.1) is 0 Å². The van der Waals surface area contributed by atoms with Crippen molar-refractivity contribution >= 4 is 23.2 Å². The molecule has 0 spiro atoms. The van der Waals surface area contributed by atoms with E-state index in [1.165, 1.54) is 18.2 Å². The van der Waals surface area contributed by atoms with Crippen LogP contribution in [0.3, 0.4) is 0 Å². The molecule has 0 bridgehead atoms. The molecule has 0 aromatic heterocycles. The third kappa shape index (κ3) is 2.25. The fraction of sp³-hybridized carbons (Fsp3) is 0.462. The zero-order valence-electron chi connectivity index (χ0n) is 10.7. The lowest BCUT2D eigenvalue weighted by Crippen LogP contribution is -2.32. The lowest BCUT2D eigenvalue weighted by Gasteiger charge is -2.18. The molecule has 2 fully saturated rings. The standard InChI is InChI=1S/C13H14ClN3O3/c14-12-3-10(17(19)20)1-2-11(12)13(18)16-6-8-4-15-5-9(8)7-16/h1-3,8-9,15H,4-7H2/t8-,9+. The number of non-ortho nitro benzene ring substituents is 1. The maximum absolute atomic E-state index is 12.4. The van der Waals surface area contributed by atoms with Gasteiger partial charge in [-0.25, -0.2) is 0 Å². The van der Waals surface area contributed by atoms with Gasteiger partial charge in [0.15, 0.2) is 0 Å². The smallest absolute Gasteiger partial charge is 0.270 e. The Morgan fingerprint density at radius 2 is 2.00 bits per heavy atom. The summed E-state index contributed by atoms with van der Waals surface area (Å²) < 4.78 is 0. The van der Waals surface area contributed by atoms with E-state index >= 15 is 0 Å². The number of hydrogen-bond acceptors (Lipinski definition) is 4. The van der Waals surface area contributed by atoms with Gasteiger partial charge in [-0.3, -0.25) is 14.9 Å². The van der Waals surface area contributed by atoms with Crippen molar-refractivity contribution in [2.45, 2.75) is 0 Å². The van der Waals surface area contributed by atoms with Gasteiger partial charge in [-0.05, 0) is 17.9 Å². The molecule has 6 nitrogen and oxygen atoms in total. The third-order valence-electron chi connectivity index (χ3n) is 4.07. The number of rotatable bonds is 2. The van der Waals surface area contributed by atoms with E-state index in [1.54, 1.807) is 4.90 Å². The molecule has 106 valence electrons. The van der Waals surface area contributed by atoms with E-state index in [0.717, 1.165) is 26.2 Å². The van der Waals surface area contributed by atoms with Crippen LogP contribution in [-0.2, 0) is 0 Å². The summed E-state index contributed by atoms with van der Waals surface area (Å²) in [6.07, 6.45) is 0. The molecule has 1 aromatic rings. The number of nitro benzene ring substituents is 1. The predicted octanol–water partition coefficient (Wildman–Crippen LogP) is 1.54. The first kappa shape index (κ1) is 13.3. The average molecular weight is 296 g/mol. The van der Waals surface area contributed by atoms with E-state index in [9.17, 15) is 14.9 Å². The highest BCUT2D eigenvalue weighted by molar-refractivity contribution is 6.34. The Morgan fingerprint density at radius 3 is 2.55 bits per heavy atom. The molecule has 0 saturated carbocycles. The number of amides is 1. The molecule has 20 heavy (non-hydrogen) atoms. The molecule has 1 N–H and O–H groups in total. The largest absolute Gasteiger partial charge is 0.338 e. The lowest BCUT2D eigenvalue weighted by atomic mass is 10.0. The van der Waals surface area contributed by atoms with Crippen molar-refractivity contribution in [3.63, 3.8) is 0 Å². The van der Waals surface area contributed by atoms with Gasteiger partial charge in [0.05, 0.1) is 15.5 Å². The van der Waals surface area contributed by atoms with Crippen LogP contribution in [0.15, 0.2) is 18.2 Å². The quantitative estimate of drug-likeness (QED) is 0.663. The van der Waals surface area contributed by atoms with Gasteiger partial charge in [0.25, 0.3) is 11.6 Å². The van der Waals surface area contributed by atoms with Crippen molar-refractivity contribution in [2.75, 3.05) is 26.2 Å². The van der Waals surface area contributed by atoms with Crippen molar-refractivity contribution in [1.82, 2.24) is 10.2 Å². The molecule has 0 aliphatic carbocycles. The van der Waals surface area contributed by atoms with E-state index in [0.29, 0.717) is 17.4 Å². The number of halogens is 1. The summed E-state index contributed by atoms with van der Waals surface area (Å²) in [4.78, 5) is 24.4. The monoisotopic (exact) mass is 295 g/mol. The zero-order chi connectivity index (χ0) is 14.3. The molecule has 1 aromatic carbocycles. The van der Waals surface area contributed by atoms with Crippen LogP contribution < -0.4 is 5.32 Å². The Kier molecular flexibility index (Phi) is 3.35. The topological polar surface area (TPSA) is 75.5 Å².